The largest absolute Gasteiger partial charge is 0.490 e. The molecule has 0 bridgehead atoms. The van der Waals surface area contributed by atoms with Crippen LogP contribution in [0.25, 0.3) is 17.0 Å². The van der Waals surface area contributed by atoms with Gasteiger partial charge in [-0.1, -0.05) is 23.7 Å². The van der Waals surface area contributed by atoms with Crippen LogP contribution in [-0.2, 0) is 14.3 Å². The van der Waals surface area contributed by atoms with Crippen LogP contribution < -0.4 is 5.32 Å². The van der Waals surface area contributed by atoms with Crippen LogP contribution in [0, 0.1) is 0 Å². The van der Waals surface area contributed by atoms with Crippen LogP contribution in [0.3, 0.4) is 0 Å². The number of carbonyl (C=O) groups excluding carboxylic acids is 3. The second-order valence-electron chi connectivity index (χ2n) is 8.67. The summed E-state index contributed by atoms with van der Waals surface area (Å²) in [6, 6.07) is 13.8. The van der Waals surface area contributed by atoms with Crippen molar-refractivity contribution in [1.82, 2.24) is 9.88 Å². The van der Waals surface area contributed by atoms with Gasteiger partial charge in [0, 0.05) is 30.1 Å². The molecule has 3 heterocycles. The van der Waals surface area contributed by atoms with Gasteiger partial charge in [0.05, 0.1) is 27.7 Å². The number of anilines is 1. The lowest BCUT2D eigenvalue weighted by atomic mass is 10.1. The predicted octanol–water partition coefficient (Wildman–Crippen LogP) is 5.29. The van der Waals surface area contributed by atoms with Crippen LogP contribution >= 0.6 is 23.4 Å². The molecule has 13 heteroatoms. The number of ether oxygens (including phenoxy) is 1. The maximum absolute atomic E-state index is 13.0. The van der Waals surface area contributed by atoms with Crippen LogP contribution in [0.2, 0.25) is 5.02 Å². The lowest BCUT2D eigenvalue weighted by Crippen LogP contribution is -2.34. The fourth-order valence-corrected chi connectivity index (χ4v) is 5.07. The van der Waals surface area contributed by atoms with Crippen molar-refractivity contribution < 1.29 is 32.3 Å². The Labute approximate surface area is 228 Å². The molecule has 3 aromatic rings. The minimum atomic E-state index is -5.10. The highest BCUT2D eigenvalue weighted by molar-refractivity contribution is 8.18. The summed E-state index contributed by atoms with van der Waals surface area (Å²) in [5.74, 6) is -3.19. The summed E-state index contributed by atoms with van der Waals surface area (Å²) in [5, 5.41) is 4.42. The van der Waals surface area contributed by atoms with E-state index in [1.165, 1.54) is 23.1 Å². The van der Waals surface area contributed by atoms with E-state index in [0.717, 1.165) is 28.2 Å². The molecule has 0 aliphatic carbocycles. The lowest BCUT2D eigenvalue weighted by molar-refractivity contribution is -0.204. The number of hydrogen-bond donors (Lipinski definition) is 1. The van der Waals surface area contributed by atoms with Crippen molar-refractivity contribution in [3.8, 4) is 0 Å². The lowest BCUT2D eigenvalue weighted by Gasteiger charge is -2.18. The summed E-state index contributed by atoms with van der Waals surface area (Å²) >= 11 is 7.41. The van der Waals surface area contributed by atoms with E-state index >= 15 is 0 Å². The van der Waals surface area contributed by atoms with Crippen molar-refractivity contribution in [3.63, 3.8) is 0 Å². The number of halogens is 4. The van der Waals surface area contributed by atoms with Gasteiger partial charge in [0.1, 0.15) is 6.10 Å². The number of pyridine rings is 1. The Morgan fingerprint density at radius 3 is 2.79 bits per heavy atom. The summed E-state index contributed by atoms with van der Waals surface area (Å²) in [6.07, 6.45) is -2.64. The van der Waals surface area contributed by atoms with Crippen molar-refractivity contribution in [2.45, 2.75) is 18.7 Å². The van der Waals surface area contributed by atoms with Crippen molar-refractivity contribution in [2.24, 2.45) is 4.99 Å². The standard InChI is InChI=1S/C26H18ClF3N4O4S/c27-18-5-4-16(23(36)34-9-7-17(13-34)38-24(37)26(28,29)30)12-20(18)32-25-33-22(35)21(39-25)11-14-3-6-19-15(10-14)2-1-8-31-19/h1-6,8,10-12,17H,7,9,13H2,(H,32,33,35)/t17-/m0/s1. The number of amides is 2. The predicted molar refractivity (Wildman–Crippen MR) is 141 cm³/mol. The van der Waals surface area contributed by atoms with Gasteiger partial charge in [-0.05, 0) is 59.8 Å². The number of carbonyl (C=O) groups is 3. The SMILES string of the molecule is O=C1N=C(Nc2cc(C(=O)N3CC[C@H](OC(=O)C(F)(F)F)C3)ccc2Cl)SC1=Cc1ccc2ncccc2c1. The van der Waals surface area contributed by atoms with Crippen LogP contribution in [0.5, 0.6) is 0 Å². The van der Waals surface area contributed by atoms with Crippen LogP contribution in [-0.4, -0.2) is 58.2 Å². The number of fused-ring (bicyclic) bond motifs is 1. The first-order chi connectivity index (χ1) is 18.6. The summed E-state index contributed by atoms with van der Waals surface area (Å²) < 4.78 is 41.9. The monoisotopic (exact) mass is 574 g/mol. The Morgan fingerprint density at radius 1 is 1.18 bits per heavy atom. The van der Waals surface area contributed by atoms with E-state index < -0.39 is 30.1 Å². The van der Waals surface area contributed by atoms with E-state index in [1.807, 2.05) is 30.3 Å². The van der Waals surface area contributed by atoms with E-state index in [1.54, 1.807) is 12.3 Å². The first-order valence-corrected chi connectivity index (χ1v) is 12.8. The van der Waals surface area contributed by atoms with E-state index in [2.05, 4.69) is 20.0 Å². The highest BCUT2D eigenvalue weighted by Gasteiger charge is 2.43. The Morgan fingerprint density at radius 2 is 2.00 bits per heavy atom. The number of hydrogen-bond acceptors (Lipinski definition) is 7. The molecule has 1 N–H and O–H groups in total. The van der Waals surface area contributed by atoms with Gasteiger partial charge in [-0.3, -0.25) is 14.6 Å². The van der Waals surface area contributed by atoms with E-state index in [9.17, 15) is 27.6 Å². The molecule has 5 rings (SSSR count). The molecule has 0 saturated carbocycles. The fourth-order valence-electron chi connectivity index (χ4n) is 4.08. The number of thioether (sulfide) groups is 1. The van der Waals surface area contributed by atoms with Gasteiger partial charge < -0.3 is 15.0 Å². The molecule has 2 aliphatic rings. The first kappa shape index (κ1) is 26.7. The van der Waals surface area contributed by atoms with E-state index in [4.69, 9.17) is 11.6 Å². The van der Waals surface area contributed by atoms with Crippen molar-refractivity contribution >= 4 is 69.0 Å². The van der Waals surface area contributed by atoms with Crippen molar-refractivity contribution in [1.29, 1.82) is 0 Å². The fraction of sp³-hybridized carbons (Fsp3) is 0.192. The molecule has 0 radical (unpaired) electrons. The number of aromatic nitrogens is 1. The molecule has 1 fully saturated rings. The molecule has 2 aromatic carbocycles. The number of amidine groups is 1. The molecular weight excluding hydrogens is 557 g/mol. The van der Waals surface area contributed by atoms with Gasteiger partial charge in [-0.25, -0.2) is 4.79 Å². The van der Waals surface area contributed by atoms with Crippen molar-refractivity contribution in [3.05, 3.63) is 75.8 Å². The highest BCUT2D eigenvalue weighted by Crippen LogP contribution is 2.32. The third-order valence-electron chi connectivity index (χ3n) is 5.94. The third-order valence-corrected chi connectivity index (χ3v) is 7.17. The second kappa shape index (κ2) is 10.7. The smallest absolute Gasteiger partial charge is 0.454 e. The molecule has 8 nitrogen and oxygen atoms in total. The molecule has 1 atom stereocenters. The average Bonchev–Trinajstić information content (AvgIpc) is 3.50. The maximum Gasteiger partial charge on any atom is 0.490 e. The summed E-state index contributed by atoms with van der Waals surface area (Å²) in [4.78, 5) is 46.6. The number of aliphatic imine (C=N–C) groups is 1. The van der Waals surface area contributed by atoms with Gasteiger partial charge in [0.2, 0.25) is 0 Å². The number of esters is 1. The van der Waals surface area contributed by atoms with Crippen molar-refractivity contribution in [2.75, 3.05) is 18.4 Å². The quantitative estimate of drug-likeness (QED) is 0.334. The van der Waals surface area contributed by atoms with Gasteiger partial charge in [0.25, 0.3) is 11.8 Å². The highest BCUT2D eigenvalue weighted by atomic mass is 35.5. The summed E-state index contributed by atoms with van der Waals surface area (Å²) in [6.45, 7) is -0.0435. The van der Waals surface area contributed by atoms with Crippen LogP contribution in [0.15, 0.2) is 64.6 Å². The number of nitrogens with one attached hydrogen (secondary N) is 1. The van der Waals surface area contributed by atoms with Crippen LogP contribution in [0.4, 0.5) is 18.9 Å². The Balaban J connectivity index is 1.25. The minimum absolute atomic E-state index is 0.0879. The number of rotatable bonds is 4. The Bertz CT molecular complexity index is 1560. The van der Waals surface area contributed by atoms with Gasteiger partial charge >= 0.3 is 12.1 Å². The summed E-state index contributed by atoms with van der Waals surface area (Å²) in [5.41, 5.74) is 2.16. The third kappa shape index (κ3) is 6.07. The molecule has 39 heavy (non-hydrogen) atoms. The number of benzene rings is 2. The van der Waals surface area contributed by atoms with Gasteiger partial charge in [0.15, 0.2) is 5.17 Å². The normalized spacial score (nSPS) is 18.5. The Kier molecular flexibility index (Phi) is 7.32. The van der Waals surface area contributed by atoms with Gasteiger partial charge in [-0.15, -0.1) is 0 Å². The molecule has 0 unspecified atom stereocenters. The zero-order valence-electron chi connectivity index (χ0n) is 19.9. The molecule has 0 spiro atoms. The molecule has 2 amide bonds. The number of likely N-dealkylation sites (tertiary alicyclic amines) is 1. The maximum atomic E-state index is 13.0. The molecular formula is C26H18ClF3N4O4S. The number of alkyl halides is 3. The number of nitrogens with zero attached hydrogens (tertiary/aromatic N) is 3. The Hall–Kier alpha value is -3.90. The zero-order chi connectivity index (χ0) is 27.7. The van der Waals surface area contributed by atoms with E-state index in [-0.39, 0.29) is 35.3 Å². The van der Waals surface area contributed by atoms with Crippen LogP contribution in [0.1, 0.15) is 22.3 Å². The topological polar surface area (TPSA) is 101 Å². The average molecular weight is 575 g/mol. The molecule has 2 aliphatic heterocycles. The summed E-state index contributed by atoms with van der Waals surface area (Å²) in [7, 11) is 0. The minimum Gasteiger partial charge on any atom is -0.454 e. The molecule has 1 aromatic heterocycles. The molecule has 200 valence electrons. The first-order valence-electron chi connectivity index (χ1n) is 11.6. The van der Waals surface area contributed by atoms with E-state index in [0.29, 0.717) is 10.6 Å². The van der Waals surface area contributed by atoms with Gasteiger partial charge in [-0.2, -0.15) is 18.2 Å². The zero-order valence-corrected chi connectivity index (χ0v) is 21.4. The molecule has 1 saturated heterocycles. The second-order valence-corrected chi connectivity index (χ2v) is 10.1.